The number of hydrogen-bond acceptors (Lipinski definition) is 7. The fourth-order valence-corrected chi connectivity index (χ4v) is 4.11. The highest BCUT2D eigenvalue weighted by Crippen LogP contribution is 2.28. The Kier molecular flexibility index (Phi) is 8.00. The number of carbonyl (C=O) groups is 2. The minimum Gasteiger partial charge on any atom is -0.491 e. The van der Waals surface area contributed by atoms with Gasteiger partial charge in [0.2, 0.25) is 0 Å². The quantitative estimate of drug-likeness (QED) is 0.494. The van der Waals surface area contributed by atoms with E-state index in [1.54, 1.807) is 57.2 Å². The van der Waals surface area contributed by atoms with Gasteiger partial charge in [-0.25, -0.2) is 9.18 Å². The second-order valence-electron chi connectivity index (χ2n) is 9.96. The third-order valence-electron chi connectivity index (χ3n) is 5.87. The highest BCUT2D eigenvalue weighted by atomic mass is 19.1. The zero-order chi connectivity index (χ0) is 26.4. The molecule has 1 aliphatic rings. The van der Waals surface area contributed by atoms with Crippen molar-refractivity contribution in [1.29, 1.82) is 0 Å². The van der Waals surface area contributed by atoms with Crippen molar-refractivity contribution in [2.75, 3.05) is 19.7 Å². The minimum atomic E-state index is -0.641. The molecule has 1 aromatic heterocycles. The maximum Gasteiger partial charge on any atom is 0.408 e. The van der Waals surface area contributed by atoms with Crippen LogP contribution in [0.5, 0.6) is 5.75 Å². The van der Waals surface area contributed by atoms with Gasteiger partial charge in [0, 0.05) is 24.6 Å². The van der Waals surface area contributed by atoms with Crippen LogP contribution in [0.4, 0.5) is 9.18 Å². The van der Waals surface area contributed by atoms with Crippen molar-refractivity contribution in [1.82, 2.24) is 30.4 Å². The Morgan fingerprint density at radius 1 is 1.14 bits per heavy atom. The lowest BCUT2D eigenvalue weighted by atomic mass is 9.99. The first-order chi connectivity index (χ1) is 17.7. The van der Waals surface area contributed by atoms with Gasteiger partial charge < -0.3 is 19.7 Å². The Bertz CT molecular complexity index is 1180. The molecular weight excluding hydrogens is 479 g/mol. The second kappa shape index (κ2) is 11.4. The minimum absolute atomic E-state index is 0.0575. The number of alkyl carbamates (subject to hydrolysis) is 1. The molecule has 0 unspecified atom stereocenters. The van der Waals surface area contributed by atoms with E-state index in [-0.39, 0.29) is 30.8 Å². The van der Waals surface area contributed by atoms with Gasteiger partial charge in [-0.1, -0.05) is 12.1 Å². The van der Waals surface area contributed by atoms with Crippen molar-refractivity contribution in [3.05, 3.63) is 71.8 Å². The molecule has 2 heterocycles. The molecule has 1 saturated heterocycles. The molecule has 3 aromatic rings. The fourth-order valence-electron chi connectivity index (χ4n) is 4.11. The van der Waals surface area contributed by atoms with Crippen LogP contribution >= 0.6 is 0 Å². The zero-order valence-electron chi connectivity index (χ0n) is 21.1. The molecule has 0 saturated carbocycles. The van der Waals surface area contributed by atoms with Gasteiger partial charge in [0.1, 0.15) is 23.8 Å². The molecule has 10 nitrogen and oxygen atoms in total. The van der Waals surface area contributed by atoms with E-state index < -0.39 is 17.7 Å². The molecule has 0 radical (unpaired) electrons. The fraction of sp³-hybridized carbons (Fsp3) is 0.423. The van der Waals surface area contributed by atoms with E-state index in [1.807, 2.05) is 4.90 Å². The SMILES string of the molecule is CC(C)(C)OC(=O)N[C@H](COc1ccc(C(=O)N2CC[C@H](c3ccc(F)cc3)C2)cc1)Cn1ncnn1. The second-order valence-corrected chi connectivity index (χ2v) is 9.96. The summed E-state index contributed by atoms with van der Waals surface area (Å²) in [5, 5.41) is 14.3. The summed E-state index contributed by atoms with van der Waals surface area (Å²) in [6, 6.07) is 12.9. The smallest absolute Gasteiger partial charge is 0.408 e. The number of ether oxygens (including phenoxy) is 2. The highest BCUT2D eigenvalue weighted by Gasteiger charge is 2.28. The Morgan fingerprint density at radius 2 is 1.86 bits per heavy atom. The van der Waals surface area contributed by atoms with Crippen molar-refractivity contribution < 1.29 is 23.5 Å². The van der Waals surface area contributed by atoms with Crippen LogP contribution in [0.1, 0.15) is 49.0 Å². The van der Waals surface area contributed by atoms with Gasteiger partial charge in [-0.2, -0.15) is 4.80 Å². The number of benzene rings is 2. The predicted molar refractivity (Wildman–Crippen MR) is 133 cm³/mol. The van der Waals surface area contributed by atoms with Crippen LogP contribution in [-0.4, -0.2) is 68.4 Å². The molecule has 196 valence electrons. The van der Waals surface area contributed by atoms with Gasteiger partial charge in [0.05, 0.1) is 12.6 Å². The summed E-state index contributed by atoms with van der Waals surface area (Å²) in [5.41, 5.74) is 0.955. The van der Waals surface area contributed by atoms with Gasteiger partial charge in [0.25, 0.3) is 5.91 Å². The maximum absolute atomic E-state index is 13.2. The van der Waals surface area contributed by atoms with Gasteiger partial charge in [0.15, 0.2) is 6.33 Å². The molecule has 0 aliphatic carbocycles. The Morgan fingerprint density at radius 3 is 2.51 bits per heavy atom. The van der Waals surface area contributed by atoms with Crippen LogP contribution < -0.4 is 10.1 Å². The third kappa shape index (κ3) is 7.48. The molecule has 0 spiro atoms. The standard InChI is InChI=1S/C26H31FN6O4/c1-26(2,3)37-25(35)30-22(15-33-29-17-28-31-33)16-36-23-10-6-19(7-11-23)24(34)32-13-12-20(14-32)18-4-8-21(27)9-5-18/h4-11,17,20,22H,12-16H2,1-3H3,(H,30,35)/t20-,22-/m0/s1. The average molecular weight is 511 g/mol. The molecular formula is C26H31FN6O4. The van der Waals surface area contributed by atoms with Gasteiger partial charge in [-0.3, -0.25) is 4.79 Å². The lowest BCUT2D eigenvalue weighted by molar-refractivity contribution is 0.0477. The van der Waals surface area contributed by atoms with E-state index in [1.165, 1.54) is 23.3 Å². The molecule has 2 atom stereocenters. The van der Waals surface area contributed by atoms with Crippen molar-refractivity contribution in [3.8, 4) is 5.75 Å². The first-order valence-electron chi connectivity index (χ1n) is 12.1. The summed E-state index contributed by atoms with van der Waals surface area (Å²) in [6.07, 6.45) is 1.57. The summed E-state index contributed by atoms with van der Waals surface area (Å²) in [5.74, 6) is 0.419. The molecule has 37 heavy (non-hydrogen) atoms. The molecule has 1 N–H and O–H groups in total. The van der Waals surface area contributed by atoms with Crippen LogP contribution in [0.15, 0.2) is 54.9 Å². The summed E-state index contributed by atoms with van der Waals surface area (Å²) < 4.78 is 24.4. The number of hydrogen-bond donors (Lipinski definition) is 1. The first-order valence-corrected chi connectivity index (χ1v) is 12.1. The van der Waals surface area contributed by atoms with Crippen molar-refractivity contribution in [2.24, 2.45) is 0 Å². The van der Waals surface area contributed by atoms with Gasteiger partial charge in [-0.05, 0) is 74.4 Å². The molecule has 4 rings (SSSR count). The number of carbonyl (C=O) groups excluding carboxylic acids is 2. The van der Waals surface area contributed by atoms with Crippen LogP contribution in [0, 0.1) is 5.82 Å². The lowest BCUT2D eigenvalue weighted by Gasteiger charge is -2.23. The third-order valence-corrected chi connectivity index (χ3v) is 5.87. The zero-order valence-corrected chi connectivity index (χ0v) is 21.1. The first kappa shape index (κ1) is 26.1. The largest absolute Gasteiger partial charge is 0.491 e. The Hall–Kier alpha value is -4.02. The molecule has 1 aliphatic heterocycles. The molecule has 11 heteroatoms. The summed E-state index contributed by atoms with van der Waals surface area (Å²) in [4.78, 5) is 28.4. The highest BCUT2D eigenvalue weighted by molar-refractivity contribution is 5.94. The van der Waals surface area contributed by atoms with Crippen LogP contribution in [0.2, 0.25) is 0 Å². The number of rotatable bonds is 8. The molecule has 2 aromatic carbocycles. The van der Waals surface area contributed by atoms with Crippen LogP contribution in [-0.2, 0) is 11.3 Å². The molecule has 1 fully saturated rings. The topological polar surface area (TPSA) is 111 Å². The number of aromatic nitrogens is 4. The Balaban J connectivity index is 1.33. The van der Waals surface area contributed by atoms with Crippen LogP contribution in [0.3, 0.4) is 0 Å². The molecule has 2 amide bonds. The van der Waals surface area contributed by atoms with Crippen molar-refractivity contribution in [3.63, 3.8) is 0 Å². The summed E-state index contributed by atoms with van der Waals surface area (Å²) in [6.45, 7) is 6.95. The van der Waals surface area contributed by atoms with E-state index in [2.05, 4.69) is 20.7 Å². The maximum atomic E-state index is 13.2. The predicted octanol–water partition coefficient (Wildman–Crippen LogP) is 3.41. The van der Waals surface area contributed by atoms with E-state index in [0.29, 0.717) is 24.4 Å². The summed E-state index contributed by atoms with van der Waals surface area (Å²) >= 11 is 0. The number of nitrogens with one attached hydrogen (secondary N) is 1. The monoisotopic (exact) mass is 510 g/mol. The molecule has 0 bridgehead atoms. The lowest BCUT2D eigenvalue weighted by Crippen LogP contribution is -2.44. The van der Waals surface area contributed by atoms with Crippen molar-refractivity contribution in [2.45, 2.75) is 51.3 Å². The average Bonchev–Trinajstić information content (AvgIpc) is 3.54. The van der Waals surface area contributed by atoms with Crippen LogP contribution in [0.25, 0.3) is 0 Å². The summed E-state index contributed by atoms with van der Waals surface area (Å²) in [7, 11) is 0. The number of likely N-dealkylation sites (tertiary alicyclic amines) is 1. The van der Waals surface area contributed by atoms with Crippen molar-refractivity contribution >= 4 is 12.0 Å². The number of nitrogens with zero attached hydrogens (tertiary/aromatic N) is 5. The number of tetrazole rings is 1. The van der Waals surface area contributed by atoms with E-state index in [0.717, 1.165) is 12.0 Å². The van der Waals surface area contributed by atoms with E-state index in [4.69, 9.17) is 9.47 Å². The number of halogens is 1. The van der Waals surface area contributed by atoms with Gasteiger partial charge in [-0.15, -0.1) is 10.2 Å². The van der Waals surface area contributed by atoms with E-state index >= 15 is 0 Å². The Labute approximate surface area is 214 Å². The number of amides is 2. The van der Waals surface area contributed by atoms with E-state index in [9.17, 15) is 14.0 Å². The normalized spacial score (nSPS) is 16.3. The van der Waals surface area contributed by atoms with Gasteiger partial charge >= 0.3 is 6.09 Å².